The Labute approximate surface area is 271 Å². The first-order chi connectivity index (χ1) is 22.8. The maximum absolute atomic E-state index is 6.78. The van der Waals surface area contributed by atoms with Crippen LogP contribution >= 0.6 is 0 Å². The van der Waals surface area contributed by atoms with Crippen LogP contribution in [0.25, 0.3) is 82.3 Å². The van der Waals surface area contributed by atoms with Crippen molar-refractivity contribution in [3.8, 4) is 22.3 Å². The van der Waals surface area contributed by atoms with Gasteiger partial charge in [-0.05, 0) is 80.1 Å². The van der Waals surface area contributed by atoms with Gasteiger partial charge >= 0.3 is 7.12 Å². The van der Waals surface area contributed by atoms with E-state index in [1.165, 1.54) is 32.8 Å². The fourth-order valence-corrected chi connectivity index (χ4v) is 7.68. The molecule has 1 fully saturated rings. The van der Waals surface area contributed by atoms with Crippen LogP contribution in [-0.4, -0.2) is 27.7 Å². The number of fused-ring (bicyclic) bond motifs is 5. The van der Waals surface area contributed by atoms with E-state index in [1.54, 1.807) is 0 Å². The molecule has 10 rings (SSSR count). The zero-order valence-corrected chi connectivity index (χ0v) is 26.7. The molecule has 47 heavy (non-hydrogen) atoms. The van der Waals surface area contributed by atoms with E-state index in [0.29, 0.717) is 0 Å². The summed E-state index contributed by atoms with van der Waals surface area (Å²) in [7, 11) is -0.546. The highest BCUT2D eigenvalue weighted by Gasteiger charge is 2.52. The number of aromatic nitrogens is 2. The molecule has 0 radical (unpaired) electrons. The van der Waals surface area contributed by atoms with Crippen LogP contribution < -0.4 is 5.46 Å². The Morgan fingerprint density at radius 1 is 0.617 bits per heavy atom. The Morgan fingerprint density at radius 3 is 2.19 bits per heavy atom. The Hall–Kier alpha value is -5.17. The van der Waals surface area contributed by atoms with Crippen molar-refractivity contribution < 1.29 is 13.7 Å². The largest absolute Gasteiger partial charge is 0.498 e. The maximum atomic E-state index is 6.78. The Kier molecular flexibility index (Phi) is 5.30. The van der Waals surface area contributed by atoms with Crippen molar-refractivity contribution in [2.24, 2.45) is 0 Å². The van der Waals surface area contributed by atoms with Gasteiger partial charge in [0.1, 0.15) is 11.2 Å². The van der Waals surface area contributed by atoms with Crippen LogP contribution in [0.2, 0.25) is 0 Å². The number of hydrogen-bond acceptors (Lipinski definition) is 4. The first-order valence-corrected chi connectivity index (χ1v) is 16.2. The third-order valence-electron chi connectivity index (χ3n) is 10.7. The molecule has 4 aromatic heterocycles. The quantitative estimate of drug-likeness (QED) is 0.187. The van der Waals surface area contributed by atoms with Crippen LogP contribution in [0, 0.1) is 0 Å². The molecule has 0 unspecified atom stereocenters. The molecule has 0 atom stereocenters. The number of furan rings is 1. The van der Waals surface area contributed by atoms with Crippen LogP contribution in [-0.2, 0) is 9.31 Å². The van der Waals surface area contributed by atoms with Gasteiger partial charge in [0.25, 0.3) is 0 Å². The lowest BCUT2D eigenvalue weighted by Crippen LogP contribution is -2.41. The van der Waals surface area contributed by atoms with E-state index in [4.69, 9.17) is 13.7 Å². The molecule has 1 saturated heterocycles. The number of hydrogen-bond donors (Lipinski definition) is 0. The third kappa shape index (κ3) is 3.60. The molecule has 0 N–H and O–H groups in total. The minimum Gasteiger partial charge on any atom is -0.456 e. The number of rotatable bonds is 3. The van der Waals surface area contributed by atoms with Crippen molar-refractivity contribution in [3.05, 3.63) is 116 Å². The van der Waals surface area contributed by atoms with Crippen LogP contribution in [0.1, 0.15) is 27.7 Å². The molecule has 5 heterocycles. The van der Waals surface area contributed by atoms with E-state index in [9.17, 15) is 0 Å². The fourth-order valence-electron chi connectivity index (χ4n) is 7.68. The van der Waals surface area contributed by atoms with E-state index in [2.05, 4.69) is 134 Å². The highest BCUT2D eigenvalue weighted by atomic mass is 16.7. The first-order valence-electron chi connectivity index (χ1n) is 16.2. The van der Waals surface area contributed by atoms with Gasteiger partial charge in [0.15, 0.2) is 0 Å². The van der Waals surface area contributed by atoms with Crippen LogP contribution in [0.3, 0.4) is 0 Å². The van der Waals surface area contributed by atoms with Gasteiger partial charge in [0.05, 0.1) is 33.1 Å². The summed E-state index contributed by atoms with van der Waals surface area (Å²) in [6.07, 6.45) is 3.80. The molecular weight excluding hydrogens is 579 g/mol. The lowest BCUT2D eigenvalue weighted by atomic mass is 9.78. The molecule has 9 aromatic rings. The normalized spacial score (nSPS) is 16.2. The molecule has 0 saturated carbocycles. The minimum atomic E-state index is -0.546. The van der Waals surface area contributed by atoms with Crippen molar-refractivity contribution in [1.29, 1.82) is 0 Å². The number of nitrogens with zero attached hydrogens (tertiary/aromatic N) is 2. The average Bonchev–Trinajstić information content (AvgIpc) is 3.68. The molecule has 226 valence electrons. The summed E-state index contributed by atoms with van der Waals surface area (Å²) in [6.45, 7) is 8.36. The fraction of sp³-hybridized carbons (Fsp3) is 0.146. The van der Waals surface area contributed by atoms with Crippen molar-refractivity contribution in [3.63, 3.8) is 0 Å². The van der Waals surface area contributed by atoms with E-state index in [1.807, 2.05) is 18.5 Å². The zero-order chi connectivity index (χ0) is 31.7. The maximum Gasteiger partial charge on any atom is 0.498 e. The van der Waals surface area contributed by atoms with Crippen LogP contribution in [0.4, 0.5) is 0 Å². The smallest absolute Gasteiger partial charge is 0.456 e. The molecule has 1 aliphatic heterocycles. The molecular formula is C41H31BN2O3. The Balaban J connectivity index is 1.40. The molecule has 5 nitrogen and oxygen atoms in total. The van der Waals surface area contributed by atoms with Crippen LogP contribution in [0.5, 0.6) is 0 Å². The summed E-state index contributed by atoms with van der Waals surface area (Å²) in [5.41, 5.74) is 9.67. The van der Waals surface area contributed by atoms with E-state index >= 15 is 0 Å². The minimum absolute atomic E-state index is 0.466. The van der Waals surface area contributed by atoms with Crippen LogP contribution in [0.15, 0.2) is 120 Å². The standard InChI is InChI=1S/C41H31BN2O3/c1-40(2)41(3,4)47-42(46-40)31-18-20-33-37-36-28(13-8-14-34(36)45-39(31)37)29-17-16-27(26-12-9-21-43-23-26)35-30-22-25(24-10-6-5-7-11-24)15-19-32(30)44(33)38(29)35/h5-23H,1-4H3. The number of benzene rings is 5. The highest BCUT2D eigenvalue weighted by molar-refractivity contribution is 6.65. The lowest BCUT2D eigenvalue weighted by Gasteiger charge is -2.32. The van der Waals surface area contributed by atoms with Gasteiger partial charge in [-0.3, -0.25) is 4.98 Å². The molecule has 0 amide bonds. The van der Waals surface area contributed by atoms with Crippen molar-refractivity contribution in [2.45, 2.75) is 38.9 Å². The predicted octanol–water partition coefficient (Wildman–Crippen LogP) is 9.76. The van der Waals surface area contributed by atoms with E-state index < -0.39 is 18.3 Å². The van der Waals surface area contributed by atoms with Gasteiger partial charge in [0.2, 0.25) is 0 Å². The summed E-state index contributed by atoms with van der Waals surface area (Å²) < 4.78 is 22.4. The SMILES string of the molecule is CC1(C)OB(c2ccc3c4c2oc2cccc(c5ccc(-c6cccnc6)c6c7cc(-c8ccccc8)ccc7n3c56)c24)OC1(C)C. The highest BCUT2D eigenvalue weighted by Crippen LogP contribution is 2.46. The second-order valence-electron chi connectivity index (χ2n) is 13.8. The summed E-state index contributed by atoms with van der Waals surface area (Å²) in [5.74, 6) is 0. The molecule has 0 spiro atoms. The molecule has 5 aromatic carbocycles. The van der Waals surface area contributed by atoms with Gasteiger partial charge in [-0.1, -0.05) is 72.8 Å². The third-order valence-corrected chi connectivity index (χ3v) is 10.7. The summed E-state index contributed by atoms with van der Waals surface area (Å²) >= 11 is 0. The summed E-state index contributed by atoms with van der Waals surface area (Å²) in [5, 5.41) is 6.93. The second kappa shape index (κ2) is 9.22. The van der Waals surface area contributed by atoms with Crippen molar-refractivity contribution >= 4 is 72.6 Å². The van der Waals surface area contributed by atoms with Gasteiger partial charge in [0, 0.05) is 45.0 Å². The topological polar surface area (TPSA) is 48.9 Å². The molecule has 0 aliphatic carbocycles. The first kappa shape index (κ1) is 27.0. The Bertz CT molecular complexity index is 2670. The van der Waals surface area contributed by atoms with Crippen molar-refractivity contribution in [1.82, 2.24) is 9.38 Å². The summed E-state index contributed by atoms with van der Waals surface area (Å²) in [4.78, 5) is 4.51. The average molecular weight is 611 g/mol. The predicted molar refractivity (Wildman–Crippen MR) is 193 cm³/mol. The monoisotopic (exact) mass is 610 g/mol. The van der Waals surface area contributed by atoms with Gasteiger partial charge < -0.3 is 18.1 Å². The Morgan fingerprint density at radius 2 is 1.40 bits per heavy atom. The molecule has 0 bridgehead atoms. The number of pyridine rings is 1. The zero-order valence-electron chi connectivity index (χ0n) is 26.7. The van der Waals surface area contributed by atoms with Crippen molar-refractivity contribution in [2.75, 3.05) is 0 Å². The molecule has 6 heteroatoms. The van der Waals surface area contributed by atoms with Gasteiger partial charge in [-0.15, -0.1) is 0 Å². The van der Waals surface area contributed by atoms with E-state index in [-0.39, 0.29) is 0 Å². The molecule has 1 aliphatic rings. The van der Waals surface area contributed by atoms with E-state index in [0.717, 1.165) is 54.9 Å². The lowest BCUT2D eigenvalue weighted by molar-refractivity contribution is 0.00578. The summed E-state index contributed by atoms with van der Waals surface area (Å²) in [6, 6.07) is 36.9. The van der Waals surface area contributed by atoms with Gasteiger partial charge in [-0.25, -0.2) is 0 Å². The second-order valence-corrected chi connectivity index (χ2v) is 13.8. The van der Waals surface area contributed by atoms with Gasteiger partial charge in [-0.2, -0.15) is 0 Å².